The molecule has 7 nitrogen and oxygen atoms in total. The number of aromatic carboxylic acids is 1. The van der Waals surface area contributed by atoms with Gasteiger partial charge in [-0.25, -0.2) is 9.59 Å². The fourth-order valence-electron chi connectivity index (χ4n) is 2.99. The molecular weight excluding hydrogens is 312 g/mol. The number of carbonyl (C=O) groups is 3. The molecule has 2 N–H and O–H groups in total. The van der Waals surface area contributed by atoms with Gasteiger partial charge in [-0.3, -0.25) is 14.6 Å². The van der Waals surface area contributed by atoms with Crippen LogP contribution in [0.1, 0.15) is 42.6 Å². The van der Waals surface area contributed by atoms with E-state index in [9.17, 15) is 19.5 Å². The summed E-state index contributed by atoms with van der Waals surface area (Å²) >= 11 is 0. The quantitative estimate of drug-likeness (QED) is 0.798. The molecule has 2 aliphatic rings. The van der Waals surface area contributed by atoms with Gasteiger partial charge in [0.1, 0.15) is 0 Å². The van der Waals surface area contributed by atoms with Crippen molar-refractivity contribution < 1.29 is 24.6 Å². The Labute approximate surface area is 139 Å². The third-order valence-electron chi connectivity index (χ3n) is 4.53. The lowest BCUT2D eigenvalue weighted by molar-refractivity contribution is -0.156. The van der Waals surface area contributed by atoms with E-state index in [-0.39, 0.29) is 17.2 Å². The molecule has 1 aliphatic carbocycles. The first-order chi connectivity index (χ1) is 11.3. The van der Waals surface area contributed by atoms with Crippen molar-refractivity contribution in [3.8, 4) is 0 Å². The van der Waals surface area contributed by atoms with E-state index in [0.717, 1.165) is 17.7 Å². The van der Waals surface area contributed by atoms with Crippen LogP contribution in [0.5, 0.6) is 0 Å². The Balaban J connectivity index is 2.03. The van der Waals surface area contributed by atoms with Gasteiger partial charge in [-0.05, 0) is 44.7 Å². The van der Waals surface area contributed by atoms with Gasteiger partial charge in [-0.15, -0.1) is 0 Å². The number of rotatable bonds is 5. The number of imide groups is 1. The van der Waals surface area contributed by atoms with E-state index < -0.39 is 23.6 Å². The van der Waals surface area contributed by atoms with Crippen LogP contribution in [0, 0.1) is 5.92 Å². The van der Waals surface area contributed by atoms with Crippen molar-refractivity contribution in [1.82, 2.24) is 9.80 Å². The Hall–Kier alpha value is -2.41. The fraction of sp³-hybridized carbons (Fsp3) is 0.471. The van der Waals surface area contributed by atoms with Crippen molar-refractivity contribution in [2.24, 2.45) is 5.92 Å². The topological polar surface area (TPSA) is 98.2 Å². The number of hydrogen-bond donors (Lipinski definition) is 2. The number of carbonyl (C=O) groups excluding carboxylic acids is 2. The number of hydrogen-bond acceptors (Lipinski definition) is 4. The molecule has 3 amide bonds. The molecule has 3 rings (SSSR count). The van der Waals surface area contributed by atoms with Crippen LogP contribution < -0.4 is 0 Å². The van der Waals surface area contributed by atoms with Gasteiger partial charge in [0.15, 0.2) is 0 Å². The number of carboxylic acid groups (broad SMARTS) is 1. The first kappa shape index (κ1) is 16.4. The van der Waals surface area contributed by atoms with Crippen molar-refractivity contribution in [3.63, 3.8) is 0 Å². The molecule has 7 heteroatoms. The SMILES string of the molecule is CC(C)N1C(=O)N(CC2CC2)C(O)(c2ccc(C(=O)O)cc2)C1=O. The van der Waals surface area contributed by atoms with E-state index >= 15 is 0 Å². The maximum atomic E-state index is 12.8. The zero-order valence-electron chi connectivity index (χ0n) is 13.6. The molecule has 1 aromatic rings. The Kier molecular flexibility index (Phi) is 3.83. The molecule has 1 aliphatic heterocycles. The standard InChI is InChI=1S/C17H20N2O5/c1-10(2)19-15(22)17(24,18(16(19)23)9-11-3-4-11)13-7-5-12(6-8-13)14(20)21/h5-8,10-11,24H,3-4,9H2,1-2H3,(H,20,21). The van der Waals surface area contributed by atoms with Gasteiger partial charge in [-0.1, -0.05) is 12.1 Å². The van der Waals surface area contributed by atoms with Crippen molar-refractivity contribution in [3.05, 3.63) is 35.4 Å². The molecule has 0 spiro atoms. The highest BCUT2D eigenvalue weighted by molar-refractivity contribution is 6.06. The minimum atomic E-state index is -2.08. The van der Waals surface area contributed by atoms with Gasteiger partial charge in [0, 0.05) is 18.2 Å². The van der Waals surface area contributed by atoms with E-state index in [2.05, 4.69) is 0 Å². The van der Waals surface area contributed by atoms with Crippen molar-refractivity contribution >= 4 is 17.9 Å². The Morgan fingerprint density at radius 1 is 1.25 bits per heavy atom. The molecule has 1 atom stereocenters. The van der Waals surface area contributed by atoms with Crippen LogP contribution >= 0.6 is 0 Å². The van der Waals surface area contributed by atoms with E-state index in [0.29, 0.717) is 12.5 Å². The first-order valence-corrected chi connectivity index (χ1v) is 7.98. The summed E-state index contributed by atoms with van der Waals surface area (Å²) in [7, 11) is 0. The third kappa shape index (κ3) is 2.45. The summed E-state index contributed by atoms with van der Waals surface area (Å²) in [5.41, 5.74) is -1.83. The molecule has 1 aromatic carbocycles. The lowest BCUT2D eigenvalue weighted by atomic mass is 9.99. The van der Waals surface area contributed by atoms with Gasteiger partial charge < -0.3 is 10.2 Å². The van der Waals surface area contributed by atoms with Crippen LogP contribution in [0.4, 0.5) is 4.79 Å². The van der Waals surface area contributed by atoms with E-state index in [1.807, 2.05) is 0 Å². The van der Waals surface area contributed by atoms with Crippen LogP contribution in [0.3, 0.4) is 0 Å². The molecule has 0 bridgehead atoms. The first-order valence-electron chi connectivity index (χ1n) is 7.98. The molecule has 0 aromatic heterocycles. The number of benzene rings is 1. The summed E-state index contributed by atoms with van der Waals surface area (Å²) in [5.74, 6) is -1.49. The summed E-state index contributed by atoms with van der Waals surface area (Å²) in [6.45, 7) is 3.74. The molecular formula is C17H20N2O5. The van der Waals surface area contributed by atoms with Gasteiger partial charge in [0.25, 0.3) is 5.91 Å². The zero-order valence-corrected chi connectivity index (χ0v) is 13.6. The molecule has 24 heavy (non-hydrogen) atoms. The minimum absolute atomic E-state index is 0.0496. The highest BCUT2D eigenvalue weighted by Gasteiger charge is 2.59. The highest BCUT2D eigenvalue weighted by Crippen LogP contribution is 2.40. The number of carboxylic acids is 1. The zero-order chi connectivity index (χ0) is 17.6. The van der Waals surface area contributed by atoms with E-state index in [1.165, 1.54) is 29.2 Å². The van der Waals surface area contributed by atoms with E-state index in [1.54, 1.807) is 13.8 Å². The molecule has 1 saturated carbocycles. The van der Waals surface area contributed by atoms with Crippen LogP contribution in [0.2, 0.25) is 0 Å². The van der Waals surface area contributed by atoms with Gasteiger partial charge in [0.05, 0.1) is 5.56 Å². The van der Waals surface area contributed by atoms with Crippen LogP contribution in [-0.4, -0.2) is 50.5 Å². The summed E-state index contributed by atoms with van der Waals surface area (Å²) < 4.78 is 0. The summed E-state index contributed by atoms with van der Waals surface area (Å²) in [4.78, 5) is 38.7. The highest BCUT2D eigenvalue weighted by atomic mass is 16.4. The van der Waals surface area contributed by atoms with Crippen LogP contribution in [0.25, 0.3) is 0 Å². The van der Waals surface area contributed by atoms with Gasteiger partial charge >= 0.3 is 12.0 Å². The number of amides is 3. The van der Waals surface area contributed by atoms with Crippen molar-refractivity contribution in [1.29, 1.82) is 0 Å². The number of aliphatic hydroxyl groups is 1. The minimum Gasteiger partial charge on any atom is -0.478 e. The lowest BCUT2D eigenvalue weighted by Gasteiger charge is -2.30. The van der Waals surface area contributed by atoms with Crippen molar-refractivity contribution in [2.75, 3.05) is 6.54 Å². The average molecular weight is 332 g/mol. The van der Waals surface area contributed by atoms with Crippen LogP contribution in [-0.2, 0) is 10.5 Å². The second kappa shape index (κ2) is 5.59. The number of urea groups is 1. The van der Waals surface area contributed by atoms with Gasteiger partial charge in [0.2, 0.25) is 5.72 Å². The monoisotopic (exact) mass is 332 g/mol. The second-order valence-electron chi connectivity index (χ2n) is 6.66. The summed E-state index contributed by atoms with van der Waals surface area (Å²) in [6.07, 6.45) is 1.93. The fourth-order valence-corrected chi connectivity index (χ4v) is 2.99. The summed E-state index contributed by atoms with van der Waals surface area (Å²) in [6, 6.07) is 4.53. The molecule has 1 unspecified atom stereocenters. The Bertz CT molecular complexity index is 695. The Morgan fingerprint density at radius 3 is 2.29 bits per heavy atom. The second-order valence-corrected chi connectivity index (χ2v) is 6.66. The lowest BCUT2D eigenvalue weighted by Crippen LogP contribution is -2.47. The molecule has 1 saturated heterocycles. The normalized spacial score (nSPS) is 24.2. The Morgan fingerprint density at radius 2 is 1.83 bits per heavy atom. The maximum Gasteiger partial charge on any atom is 0.335 e. The smallest absolute Gasteiger partial charge is 0.335 e. The van der Waals surface area contributed by atoms with Crippen molar-refractivity contribution in [2.45, 2.75) is 38.5 Å². The molecule has 2 fully saturated rings. The number of nitrogens with zero attached hydrogens (tertiary/aromatic N) is 2. The molecule has 0 radical (unpaired) electrons. The molecule has 128 valence electrons. The third-order valence-corrected chi connectivity index (χ3v) is 4.53. The molecule has 1 heterocycles. The summed E-state index contributed by atoms with van der Waals surface area (Å²) in [5, 5.41) is 20.1. The maximum absolute atomic E-state index is 12.8. The van der Waals surface area contributed by atoms with Gasteiger partial charge in [-0.2, -0.15) is 0 Å². The average Bonchev–Trinajstić information content (AvgIpc) is 3.32. The van der Waals surface area contributed by atoms with Crippen LogP contribution in [0.15, 0.2) is 24.3 Å². The predicted octanol–water partition coefficient (Wildman–Crippen LogP) is 1.61. The predicted molar refractivity (Wildman–Crippen MR) is 84.1 cm³/mol. The van der Waals surface area contributed by atoms with E-state index in [4.69, 9.17) is 5.11 Å². The largest absolute Gasteiger partial charge is 0.478 e.